The van der Waals surface area contributed by atoms with E-state index in [1.807, 2.05) is 32.0 Å². The Morgan fingerprint density at radius 1 is 1.31 bits per heavy atom. The van der Waals surface area contributed by atoms with Gasteiger partial charge in [0.05, 0.1) is 30.5 Å². The number of hydrogen-bond donors (Lipinski definition) is 3. The van der Waals surface area contributed by atoms with Gasteiger partial charge in [0.2, 0.25) is 5.91 Å². The highest BCUT2D eigenvalue weighted by molar-refractivity contribution is 14.0. The molecule has 0 saturated carbocycles. The summed E-state index contributed by atoms with van der Waals surface area (Å²) in [7, 11) is 0. The van der Waals surface area contributed by atoms with E-state index in [4.69, 9.17) is 16.3 Å². The molecule has 1 amide bonds. The monoisotopic (exact) mass is 537 g/mol. The summed E-state index contributed by atoms with van der Waals surface area (Å²) in [6, 6.07) is 5.93. The van der Waals surface area contributed by atoms with Gasteiger partial charge in [-0.25, -0.2) is 0 Å². The molecular weight excluding hydrogens is 505 g/mol. The molecule has 1 aromatic rings. The summed E-state index contributed by atoms with van der Waals surface area (Å²) in [4.78, 5) is 19.2. The van der Waals surface area contributed by atoms with Gasteiger partial charge in [-0.1, -0.05) is 17.7 Å². The second-order valence-electron chi connectivity index (χ2n) is 6.93. The van der Waals surface area contributed by atoms with Crippen LogP contribution in [0.25, 0.3) is 0 Å². The third kappa shape index (κ3) is 9.50. The molecule has 1 saturated heterocycles. The summed E-state index contributed by atoms with van der Waals surface area (Å²) in [5, 5.41) is 9.84. The van der Waals surface area contributed by atoms with Crippen LogP contribution >= 0.6 is 35.6 Å². The van der Waals surface area contributed by atoms with Crippen molar-refractivity contribution in [3.8, 4) is 0 Å². The third-order valence-corrected chi connectivity index (χ3v) is 4.88. The zero-order valence-corrected chi connectivity index (χ0v) is 20.5. The molecule has 1 fully saturated rings. The molecule has 0 spiro atoms. The van der Waals surface area contributed by atoms with Gasteiger partial charge >= 0.3 is 0 Å². The Morgan fingerprint density at radius 3 is 2.69 bits per heavy atom. The van der Waals surface area contributed by atoms with Crippen LogP contribution < -0.4 is 16.0 Å². The SMILES string of the molecule is CCNC(=NCC(C)N1CCOCC1)NCCC(=O)Nc1ccc(C)cc1Cl.I. The number of guanidine groups is 1. The van der Waals surface area contributed by atoms with Crippen molar-refractivity contribution < 1.29 is 9.53 Å². The maximum absolute atomic E-state index is 12.2. The zero-order chi connectivity index (χ0) is 20.4. The first-order chi connectivity index (χ1) is 13.5. The predicted molar refractivity (Wildman–Crippen MR) is 131 cm³/mol. The van der Waals surface area contributed by atoms with Crippen molar-refractivity contribution in [1.82, 2.24) is 15.5 Å². The van der Waals surface area contributed by atoms with Gasteiger partial charge in [-0.2, -0.15) is 0 Å². The first-order valence-electron chi connectivity index (χ1n) is 9.89. The van der Waals surface area contributed by atoms with Gasteiger partial charge in [-0.3, -0.25) is 14.7 Å². The largest absolute Gasteiger partial charge is 0.379 e. The van der Waals surface area contributed by atoms with Crippen molar-refractivity contribution in [2.24, 2.45) is 4.99 Å². The van der Waals surface area contributed by atoms with Crippen molar-refractivity contribution in [1.29, 1.82) is 0 Å². The average molecular weight is 538 g/mol. The minimum Gasteiger partial charge on any atom is -0.379 e. The summed E-state index contributed by atoms with van der Waals surface area (Å²) in [6.45, 7) is 11.6. The van der Waals surface area contributed by atoms with E-state index < -0.39 is 0 Å². The molecule has 1 unspecified atom stereocenters. The number of carbonyl (C=O) groups excluding carboxylic acids is 1. The molecule has 1 aromatic carbocycles. The molecule has 1 aliphatic heterocycles. The zero-order valence-electron chi connectivity index (χ0n) is 17.5. The normalized spacial score (nSPS) is 15.9. The lowest BCUT2D eigenvalue weighted by atomic mass is 10.2. The van der Waals surface area contributed by atoms with E-state index in [1.165, 1.54) is 0 Å². The van der Waals surface area contributed by atoms with Crippen LogP contribution in [0.1, 0.15) is 25.8 Å². The van der Waals surface area contributed by atoms with Gasteiger partial charge in [0.15, 0.2) is 5.96 Å². The van der Waals surface area contributed by atoms with E-state index in [0.717, 1.165) is 44.4 Å². The van der Waals surface area contributed by atoms with Crippen LogP contribution in [-0.2, 0) is 9.53 Å². The Hall–Kier alpha value is -1.10. The number of nitrogens with one attached hydrogen (secondary N) is 3. The van der Waals surface area contributed by atoms with Gasteiger partial charge < -0.3 is 20.7 Å². The molecule has 1 aliphatic rings. The fourth-order valence-corrected chi connectivity index (χ4v) is 3.21. The van der Waals surface area contributed by atoms with Crippen LogP contribution in [-0.4, -0.2) is 68.7 Å². The van der Waals surface area contributed by atoms with Crippen LogP contribution in [0, 0.1) is 6.92 Å². The fraction of sp³-hybridized carbons (Fsp3) is 0.600. The molecule has 1 atom stereocenters. The summed E-state index contributed by atoms with van der Waals surface area (Å²) in [6.07, 6.45) is 0.327. The Balaban J connectivity index is 0.00000420. The molecule has 29 heavy (non-hydrogen) atoms. The number of morpholine rings is 1. The van der Waals surface area contributed by atoms with E-state index in [0.29, 0.717) is 36.3 Å². The van der Waals surface area contributed by atoms with E-state index >= 15 is 0 Å². The Labute approximate surface area is 196 Å². The number of rotatable bonds is 8. The minimum atomic E-state index is -0.0872. The molecule has 2 rings (SSSR count). The fourth-order valence-electron chi connectivity index (χ4n) is 2.93. The van der Waals surface area contributed by atoms with E-state index in [-0.39, 0.29) is 29.9 Å². The maximum Gasteiger partial charge on any atom is 0.226 e. The number of halogens is 2. The van der Waals surface area contributed by atoms with Crippen molar-refractivity contribution in [2.75, 3.05) is 51.3 Å². The standard InChI is InChI=1S/C20H32ClN5O2.HI/c1-4-22-20(24-14-16(3)26-9-11-28-12-10-26)23-8-7-19(27)25-18-6-5-15(2)13-17(18)21;/h5-6,13,16H,4,7-12,14H2,1-3H3,(H,25,27)(H2,22,23,24);1H. The number of ether oxygens (including phenoxy) is 1. The molecule has 1 heterocycles. The van der Waals surface area contributed by atoms with Crippen molar-refractivity contribution in [3.05, 3.63) is 28.8 Å². The summed E-state index contributed by atoms with van der Waals surface area (Å²) in [5.41, 5.74) is 1.69. The summed E-state index contributed by atoms with van der Waals surface area (Å²) >= 11 is 6.16. The topological polar surface area (TPSA) is 78.0 Å². The second-order valence-corrected chi connectivity index (χ2v) is 7.33. The van der Waals surface area contributed by atoms with Crippen molar-refractivity contribution in [3.63, 3.8) is 0 Å². The first kappa shape index (κ1) is 25.9. The van der Waals surface area contributed by atoms with E-state index in [9.17, 15) is 4.79 Å². The number of hydrogen-bond acceptors (Lipinski definition) is 4. The highest BCUT2D eigenvalue weighted by atomic mass is 127. The molecule has 3 N–H and O–H groups in total. The summed E-state index contributed by atoms with van der Waals surface area (Å²) < 4.78 is 5.40. The maximum atomic E-state index is 12.2. The van der Waals surface area contributed by atoms with Gasteiger partial charge in [-0.05, 0) is 38.5 Å². The van der Waals surface area contributed by atoms with Crippen molar-refractivity contribution >= 4 is 53.1 Å². The number of aliphatic imine (C=N–C) groups is 1. The molecule has 0 radical (unpaired) electrons. The molecular formula is C20H33ClIN5O2. The molecule has 0 aliphatic carbocycles. The van der Waals surface area contributed by atoms with Gasteiger partial charge in [0, 0.05) is 38.6 Å². The predicted octanol–water partition coefficient (Wildman–Crippen LogP) is 2.87. The Bertz CT molecular complexity index is 668. The smallest absolute Gasteiger partial charge is 0.226 e. The van der Waals surface area contributed by atoms with Gasteiger partial charge in [0.1, 0.15) is 0 Å². The molecule has 9 heteroatoms. The van der Waals surface area contributed by atoms with Crippen LogP contribution in [0.4, 0.5) is 5.69 Å². The van der Waals surface area contributed by atoms with Crippen LogP contribution in [0.15, 0.2) is 23.2 Å². The van der Waals surface area contributed by atoms with Gasteiger partial charge in [0.25, 0.3) is 0 Å². The number of benzene rings is 1. The van der Waals surface area contributed by atoms with Gasteiger partial charge in [-0.15, -0.1) is 24.0 Å². The molecule has 0 aromatic heterocycles. The first-order valence-corrected chi connectivity index (χ1v) is 10.3. The van der Waals surface area contributed by atoms with Crippen molar-refractivity contribution in [2.45, 2.75) is 33.2 Å². The number of amides is 1. The third-order valence-electron chi connectivity index (χ3n) is 4.57. The Morgan fingerprint density at radius 2 is 2.03 bits per heavy atom. The van der Waals surface area contributed by atoms with E-state index in [2.05, 4.69) is 32.8 Å². The molecule has 0 bridgehead atoms. The Kier molecular flexibility index (Phi) is 12.5. The minimum absolute atomic E-state index is 0. The summed E-state index contributed by atoms with van der Waals surface area (Å²) in [5.74, 6) is 0.638. The quantitative estimate of drug-likeness (QED) is 0.270. The molecule has 164 valence electrons. The van der Waals surface area contributed by atoms with E-state index in [1.54, 1.807) is 0 Å². The lowest BCUT2D eigenvalue weighted by Crippen LogP contribution is -2.44. The lowest BCUT2D eigenvalue weighted by Gasteiger charge is -2.31. The highest BCUT2D eigenvalue weighted by Gasteiger charge is 2.16. The second kappa shape index (κ2) is 14.0. The van der Waals surface area contributed by atoms with Crippen LogP contribution in [0.5, 0.6) is 0 Å². The van der Waals surface area contributed by atoms with Crippen LogP contribution in [0.3, 0.4) is 0 Å². The number of nitrogens with zero attached hydrogens (tertiary/aromatic N) is 2. The number of anilines is 1. The highest BCUT2D eigenvalue weighted by Crippen LogP contribution is 2.22. The molecule has 7 nitrogen and oxygen atoms in total. The number of aryl methyl sites for hydroxylation is 1. The lowest BCUT2D eigenvalue weighted by molar-refractivity contribution is -0.116. The average Bonchev–Trinajstić information content (AvgIpc) is 2.68. The number of carbonyl (C=O) groups is 1. The van der Waals surface area contributed by atoms with Crippen LogP contribution in [0.2, 0.25) is 5.02 Å².